The van der Waals surface area contributed by atoms with Crippen LogP contribution in [-0.2, 0) is 11.2 Å². The average molecular weight is 327 g/mol. The number of hydrogen-bond acceptors (Lipinski definition) is 4. The molecule has 1 fully saturated rings. The van der Waals surface area contributed by atoms with Crippen molar-refractivity contribution in [1.29, 1.82) is 0 Å². The van der Waals surface area contributed by atoms with Gasteiger partial charge in [0.05, 0.1) is 0 Å². The van der Waals surface area contributed by atoms with Gasteiger partial charge in [-0.25, -0.2) is 0 Å². The van der Waals surface area contributed by atoms with Crippen LogP contribution in [0.15, 0.2) is 24.3 Å². The second-order valence-electron chi connectivity index (χ2n) is 5.84. The number of nitrogens with zero attached hydrogens (tertiary/aromatic N) is 2. The Bertz CT molecular complexity index is 442. The van der Waals surface area contributed by atoms with Gasteiger partial charge in [-0.2, -0.15) is 0 Å². The van der Waals surface area contributed by atoms with E-state index in [1.54, 1.807) is 6.92 Å². The second-order valence-corrected chi connectivity index (χ2v) is 5.84. The zero-order valence-electron chi connectivity index (χ0n) is 13.6. The highest BCUT2D eigenvalue weighted by molar-refractivity contribution is 5.85. The van der Waals surface area contributed by atoms with Gasteiger partial charge in [0.25, 0.3) is 0 Å². The zero-order chi connectivity index (χ0) is 15.1. The van der Waals surface area contributed by atoms with Crippen molar-refractivity contribution in [3.63, 3.8) is 0 Å². The molecule has 1 aliphatic rings. The normalized spacial score (nSPS) is 16.1. The van der Waals surface area contributed by atoms with E-state index in [0.29, 0.717) is 6.42 Å². The molecule has 0 saturated carbocycles. The van der Waals surface area contributed by atoms with E-state index in [1.807, 2.05) is 24.3 Å². The summed E-state index contributed by atoms with van der Waals surface area (Å²) in [6.07, 6.45) is 1.43. The van der Waals surface area contributed by atoms with Crippen LogP contribution in [0.3, 0.4) is 0 Å². The van der Waals surface area contributed by atoms with Crippen molar-refractivity contribution in [2.75, 3.05) is 46.4 Å². The maximum Gasteiger partial charge on any atom is 0.130 e. The number of likely N-dealkylation sites (N-methyl/N-ethyl adjacent to an activating group) is 1. The highest BCUT2D eigenvalue weighted by Crippen LogP contribution is 2.13. The molecule has 0 aromatic heterocycles. The van der Waals surface area contributed by atoms with Crippen molar-refractivity contribution in [1.82, 2.24) is 9.80 Å². The molecule has 5 heteroatoms. The molecule has 0 atom stereocenters. The van der Waals surface area contributed by atoms with Crippen LogP contribution in [0.4, 0.5) is 0 Å². The van der Waals surface area contributed by atoms with Crippen molar-refractivity contribution in [3.05, 3.63) is 29.8 Å². The number of carbonyl (C=O) groups is 1. The Morgan fingerprint density at radius 1 is 1.14 bits per heavy atom. The Morgan fingerprint density at radius 3 is 2.36 bits per heavy atom. The first kappa shape index (κ1) is 18.9. The topological polar surface area (TPSA) is 32.8 Å². The molecule has 0 unspecified atom stereocenters. The maximum absolute atomic E-state index is 11.0. The van der Waals surface area contributed by atoms with Crippen LogP contribution in [0.2, 0.25) is 0 Å². The highest BCUT2D eigenvalue weighted by Gasteiger charge is 2.13. The number of hydrogen-bond donors (Lipinski definition) is 0. The van der Waals surface area contributed by atoms with Gasteiger partial charge >= 0.3 is 0 Å². The van der Waals surface area contributed by atoms with Crippen LogP contribution in [0, 0.1) is 0 Å². The molecule has 0 radical (unpaired) electrons. The summed E-state index contributed by atoms with van der Waals surface area (Å²) in [5.74, 6) is 1.15. The average Bonchev–Trinajstić information content (AvgIpc) is 2.48. The summed E-state index contributed by atoms with van der Waals surface area (Å²) in [5.41, 5.74) is 1.19. The lowest BCUT2D eigenvalue weighted by Gasteiger charge is -2.32. The highest BCUT2D eigenvalue weighted by atomic mass is 35.5. The van der Waals surface area contributed by atoms with E-state index in [0.717, 1.165) is 51.5 Å². The largest absolute Gasteiger partial charge is 0.492 e. The van der Waals surface area contributed by atoms with Gasteiger partial charge in [0, 0.05) is 39.1 Å². The van der Waals surface area contributed by atoms with Gasteiger partial charge < -0.3 is 14.4 Å². The first-order chi connectivity index (χ1) is 10.1. The molecular weight excluding hydrogens is 300 g/mol. The number of Topliss-reactive ketones (excluding diaryl/α,β-unsaturated/α-hetero) is 1. The minimum atomic E-state index is 0. The van der Waals surface area contributed by atoms with Crippen LogP contribution < -0.4 is 4.74 Å². The predicted molar refractivity (Wildman–Crippen MR) is 92.1 cm³/mol. The van der Waals surface area contributed by atoms with Gasteiger partial charge in [-0.15, -0.1) is 12.4 Å². The van der Waals surface area contributed by atoms with Crippen LogP contribution >= 0.6 is 12.4 Å². The van der Waals surface area contributed by atoms with Gasteiger partial charge in [-0.3, -0.25) is 4.90 Å². The van der Waals surface area contributed by atoms with Crippen LogP contribution in [-0.4, -0.2) is 62.0 Å². The van der Waals surface area contributed by atoms with Crippen molar-refractivity contribution >= 4 is 18.2 Å². The summed E-state index contributed by atoms with van der Waals surface area (Å²) in [6, 6.07) is 8.10. The predicted octanol–water partition coefficient (Wildman–Crippen LogP) is 2.26. The Morgan fingerprint density at radius 2 is 1.77 bits per heavy atom. The molecule has 0 spiro atoms. The number of aryl methyl sites for hydroxylation is 1. The molecule has 1 heterocycles. The lowest BCUT2D eigenvalue weighted by Crippen LogP contribution is -2.45. The van der Waals surface area contributed by atoms with Gasteiger partial charge in [0.1, 0.15) is 18.1 Å². The Labute approximate surface area is 139 Å². The lowest BCUT2D eigenvalue weighted by atomic mass is 10.1. The van der Waals surface area contributed by atoms with E-state index < -0.39 is 0 Å². The molecule has 1 aromatic carbocycles. The van der Waals surface area contributed by atoms with Crippen molar-refractivity contribution in [2.45, 2.75) is 19.8 Å². The fraction of sp³-hybridized carbons (Fsp3) is 0.588. The monoisotopic (exact) mass is 326 g/mol. The Balaban J connectivity index is 0.00000242. The Kier molecular flexibility index (Phi) is 8.46. The summed E-state index contributed by atoms with van der Waals surface area (Å²) >= 11 is 0. The summed E-state index contributed by atoms with van der Waals surface area (Å²) in [4.78, 5) is 15.8. The molecule has 1 aliphatic heterocycles. The molecule has 1 saturated heterocycles. The molecular formula is C17H27ClN2O2. The number of rotatable bonds is 7. The molecule has 124 valence electrons. The zero-order valence-corrected chi connectivity index (χ0v) is 14.4. The fourth-order valence-electron chi connectivity index (χ4n) is 2.44. The summed E-state index contributed by atoms with van der Waals surface area (Å²) in [6.45, 7) is 7.90. The standard InChI is InChI=1S/C17H26N2O2.ClH/c1-15(20)3-4-16-5-7-17(8-6-16)21-14-13-19-11-9-18(2)10-12-19;/h5-8H,3-4,9-14H2,1-2H3;1H. The summed E-state index contributed by atoms with van der Waals surface area (Å²) < 4.78 is 5.79. The maximum atomic E-state index is 11.0. The van der Waals surface area contributed by atoms with E-state index in [4.69, 9.17) is 4.74 Å². The summed E-state index contributed by atoms with van der Waals surface area (Å²) in [7, 11) is 2.17. The van der Waals surface area contributed by atoms with Crippen LogP contribution in [0.5, 0.6) is 5.75 Å². The number of piperazine rings is 1. The van der Waals surface area contributed by atoms with E-state index in [-0.39, 0.29) is 18.2 Å². The number of ether oxygens (including phenoxy) is 1. The molecule has 1 aromatic rings. The third-order valence-corrected chi connectivity index (χ3v) is 3.96. The molecule has 0 bridgehead atoms. The molecule has 0 aliphatic carbocycles. The molecule has 2 rings (SSSR count). The minimum absolute atomic E-state index is 0. The SMILES string of the molecule is CC(=O)CCc1ccc(OCCN2CCN(C)CC2)cc1.Cl. The van der Waals surface area contributed by atoms with Crippen molar-refractivity contribution < 1.29 is 9.53 Å². The van der Waals surface area contributed by atoms with Gasteiger partial charge in [0.2, 0.25) is 0 Å². The number of carbonyl (C=O) groups excluding carboxylic acids is 1. The number of benzene rings is 1. The van der Waals surface area contributed by atoms with Crippen LogP contribution in [0.1, 0.15) is 18.9 Å². The fourth-order valence-corrected chi connectivity index (χ4v) is 2.44. The van der Waals surface area contributed by atoms with Gasteiger partial charge in [-0.1, -0.05) is 12.1 Å². The van der Waals surface area contributed by atoms with E-state index in [9.17, 15) is 4.79 Å². The molecule has 0 N–H and O–H groups in total. The van der Waals surface area contributed by atoms with Gasteiger partial charge in [-0.05, 0) is 38.1 Å². The first-order valence-corrected chi connectivity index (χ1v) is 7.75. The van der Waals surface area contributed by atoms with Crippen LogP contribution in [0.25, 0.3) is 0 Å². The van der Waals surface area contributed by atoms with E-state index >= 15 is 0 Å². The molecule has 22 heavy (non-hydrogen) atoms. The van der Waals surface area contributed by atoms with Crippen molar-refractivity contribution in [2.24, 2.45) is 0 Å². The summed E-state index contributed by atoms with van der Waals surface area (Å²) in [5, 5.41) is 0. The minimum Gasteiger partial charge on any atom is -0.492 e. The number of halogens is 1. The third kappa shape index (κ3) is 6.77. The molecule has 4 nitrogen and oxygen atoms in total. The number of ketones is 1. The quantitative estimate of drug-likeness (QED) is 0.769. The van der Waals surface area contributed by atoms with Crippen molar-refractivity contribution in [3.8, 4) is 5.75 Å². The Hall–Kier alpha value is -1.10. The van der Waals surface area contributed by atoms with E-state index in [1.165, 1.54) is 5.56 Å². The lowest BCUT2D eigenvalue weighted by molar-refractivity contribution is -0.116. The second kappa shape index (κ2) is 9.82. The smallest absolute Gasteiger partial charge is 0.130 e. The van der Waals surface area contributed by atoms with E-state index in [2.05, 4.69) is 16.8 Å². The third-order valence-electron chi connectivity index (χ3n) is 3.96. The first-order valence-electron chi connectivity index (χ1n) is 7.75. The molecule has 0 amide bonds. The van der Waals surface area contributed by atoms with Gasteiger partial charge in [0.15, 0.2) is 0 Å².